The monoisotopic (exact) mass is 252 g/mol. The van der Waals surface area contributed by atoms with Crippen molar-refractivity contribution >= 4 is 6.03 Å². The third-order valence-electron chi connectivity index (χ3n) is 4.76. The summed E-state index contributed by atoms with van der Waals surface area (Å²) >= 11 is 0. The fraction of sp³-hybridized carbons (Fsp3) is 0.929. The molecule has 3 N–H and O–H groups in total. The van der Waals surface area contributed by atoms with Crippen molar-refractivity contribution in [3.8, 4) is 0 Å². The first-order valence-electron chi connectivity index (χ1n) is 7.32. The minimum atomic E-state index is -0.429. The molecule has 3 aliphatic carbocycles. The van der Waals surface area contributed by atoms with Crippen LogP contribution in [0.5, 0.6) is 0 Å². The largest absolute Gasteiger partial charge is 0.394 e. The van der Waals surface area contributed by atoms with Crippen LogP contribution < -0.4 is 10.6 Å². The summed E-state index contributed by atoms with van der Waals surface area (Å²) < 4.78 is 0. The zero-order valence-electron chi connectivity index (χ0n) is 11.1. The SMILES string of the molecule is CC(CO)(NC(=O)NC(C1CC1)C1CC1)C1CC1. The van der Waals surface area contributed by atoms with E-state index in [1.165, 1.54) is 25.7 Å². The number of urea groups is 1. The molecule has 0 heterocycles. The maximum Gasteiger partial charge on any atom is 0.315 e. The van der Waals surface area contributed by atoms with Crippen molar-refractivity contribution in [1.82, 2.24) is 10.6 Å². The van der Waals surface area contributed by atoms with Crippen LogP contribution in [0.4, 0.5) is 4.79 Å². The summed E-state index contributed by atoms with van der Waals surface area (Å²) in [4.78, 5) is 12.1. The van der Waals surface area contributed by atoms with Crippen molar-refractivity contribution in [2.24, 2.45) is 17.8 Å². The number of hydrogen-bond donors (Lipinski definition) is 3. The van der Waals surface area contributed by atoms with Gasteiger partial charge in [0.2, 0.25) is 0 Å². The van der Waals surface area contributed by atoms with Crippen LogP contribution in [0.3, 0.4) is 0 Å². The van der Waals surface area contributed by atoms with Gasteiger partial charge in [-0.2, -0.15) is 0 Å². The number of rotatable bonds is 6. The van der Waals surface area contributed by atoms with Gasteiger partial charge in [-0.05, 0) is 63.2 Å². The van der Waals surface area contributed by atoms with Crippen LogP contribution in [0, 0.1) is 17.8 Å². The lowest BCUT2D eigenvalue weighted by molar-refractivity contribution is 0.153. The van der Waals surface area contributed by atoms with Gasteiger partial charge in [0.05, 0.1) is 12.1 Å². The second kappa shape index (κ2) is 4.41. The Morgan fingerprint density at radius 1 is 1.22 bits per heavy atom. The summed E-state index contributed by atoms with van der Waals surface area (Å²) in [6.45, 7) is 1.98. The maximum absolute atomic E-state index is 12.1. The number of hydrogen-bond acceptors (Lipinski definition) is 2. The Kier molecular flexibility index (Phi) is 3.00. The highest BCUT2D eigenvalue weighted by molar-refractivity contribution is 5.75. The Hall–Kier alpha value is -0.770. The summed E-state index contributed by atoms with van der Waals surface area (Å²) in [5.41, 5.74) is -0.429. The zero-order chi connectivity index (χ0) is 12.8. The summed E-state index contributed by atoms with van der Waals surface area (Å²) in [6.07, 6.45) is 7.30. The van der Waals surface area contributed by atoms with Gasteiger partial charge >= 0.3 is 6.03 Å². The van der Waals surface area contributed by atoms with Crippen molar-refractivity contribution in [2.45, 2.75) is 57.0 Å². The zero-order valence-corrected chi connectivity index (χ0v) is 11.1. The Morgan fingerprint density at radius 2 is 1.78 bits per heavy atom. The molecule has 4 heteroatoms. The molecule has 4 nitrogen and oxygen atoms in total. The standard InChI is InChI=1S/C14H24N2O2/c1-14(8-17,11-6-7-11)16-13(18)15-12(9-2-3-9)10-4-5-10/h9-12,17H,2-8H2,1H3,(H2,15,16,18). The molecule has 0 radical (unpaired) electrons. The highest BCUT2D eigenvalue weighted by atomic mass is 16.3. The summed E-state index contributed by atoms with van der Waals surface area (Å²) in [5.74, 6) is 1.88. The molecule has 3 rings (SSSR count). The van der Waals surface area contributed by atoms with Crippen LogP contribution >= 0.6 is 0 Å². The molecule has 3 aliphatic rings. The highest BCUT2D eigenvalue weighted by Gasteiger charge is 2.45. The molecule has 0 aliphatic heterocycles. The third kappa shape index (κ3) is 2.63. The van der Waals surface area contributed by atoms with Gasteiger partial charge in [0, 0.05) is 6.04 Å². The average molecular weight is 252 g/mol. The van der Waals surface area contributed by atoms with E-state index >= 15 is 0 Å². The van der Waals surface area contributed by atoms with Gasteiger partial charge in [0.25, 0.3) is 0 Å². The van der Waals surface area contributed by atoms with E-state index < -0.39 is 5.54 Å². The van der Waals surface area contributed by atoms with Crippen molar-refractivity contribution < 1.29 is 9.90 Å². The minimum Gasteiger partial charge on any atom is -0.394 e. The minimum absolute atomic E-state index is 0.0304. The quantitative estimate of drug-likeness (QED) is 0.673. The molecule has 1 atom stereocenters. The summed E-state index contributed by atoms with van der Waals surface area (Å²) in [6, 6.07) is 0.300. The Bertz CT molecular complexity index is 323. The van der Waals surface area contributed by atoms with Crippen LogP contribution in [0.1, 0.15) is 45.4 Å². The van der Waals surface area contributed by atoms with E-state index in [2.05, 4.69) is 10.6 Å². The second-order valence-corrected chi connectivity index (χ2v) is 6.65. The fourth-order valence-corrected chi connectivity index (χ4v) is 2.97. The highest BCUT2D eigenvalue weighted by Crippen LogP contribution is 2.44. The molecular formula is C14H24N2O2. The predicted octanol–water partition coefficient (Wildman–Crippen LogP) is 1.64. The molecule has 1 unspecified atom stereocenters. The Labute approximate surface area is 109 Å². The maximum atomic E-state index is 12.1. The van der Waals surface area contributed by atoms with Crippen LogP contribution in [0.2, 0.25) is 0 Å². The van der Waals surface area contributed by atoms with Crippen LogP contribution in [0.15, 0.2) is 0 Å². The lowest BCUT2D eigenvalue weighted by atomic mass is 9.97. The molecule has 2 amide bonds. The molecular weight excluding hydrogens is 228 g/mol. The Balaban J connectivity index is 1.53. The average Bonchev–Trinajstić information content (AvgIpc) is 3.18. The number of aliphatic hydroxyl groups excluding tert-OH is 1. The number of nitrogens with one attached hydrogen (secondary N) is 2. The molecule has 18 heavy (non-hydrogen) atoms. The first kappa shape index (κ1) is 12.3. The molecule has 0 spiro atoms. The molecule has 0 aromatic carbocycles. The van der Waals surface area contributed by atoms with E-state index in [0.29, 0.717) is 23.8 Å². The van der Waals surface area contributed by atoms with E-state index in [1.54, 1.807) is 0 Å². The normalized spacial score (nSPS) is 26.8. The molecule has 3 saturated carbocycles. The third-order valence-corrected chi connectivity index (χ3v) is 4.76. The Morgan fingerprint density at radius 3 is 2.17 bits per heavy atom. The van der Waals surface area contributed by atoms with E-state index in [1.807, 2.05) is 6.92 Å². The van der Waals surface area contributed by atoms with E-state index in [9.17, 15) is 9.90 Å². The van der Waals surface area contributed by atoms with Crippen molar-refractivity contribution in [1.29, 1.82) is 0 Å². The van der Waals surface area contributed by atoms with Gasteiger partial charge in [0.1, 0.15) is 0 Å². The first-order chi connectivity index (χ1) is 8.62. The van der Waals surface area contributed by atoms with Gasteiger partial charge in [0.15, 0.2) is 0 Å². The van der Waals surface area contributed by atoms with Gasteiger partial charge in [-0.3, -0.25) is 0 Å². The van der Waals surface area contributed by atoms with E-state index in [4.69, 9.17) is 0 Å². The predicted molar refractivity (Wildman–Crippen MR) is 69.1 cm³/mol. The smallest absolute Gasteiger partial charge is 0.315 e. The van der Waals surface area contributed by atoms with Crippen LogP contribution in [-0.4, -0.2) is 29.3 Å². The molecule has 3 fully saturated rings. The summed E-state index contributed by atoms with van der Waals surface area (Å²) in [7, 11) is 0. The molecule has 0 bridgehead atoms. The van der Waals surface area contributed by atoms with E-state index in [0.717, 1.165) is 12.8 Å². The number of amides is 2. The first-order valence-corrected chi connectivity index (χ1v) is 7.32. The summed E-state index contributed by atoms with van der Waals surface area (Å²) in [5, 5.41) is 15.6. The van der Waals surface area contributed by atoms with Crippen LogP contribution in [-0.2, 0) is 0 Å². The topological polar surface area (TPSA) is 61.4 Å². The molecule has 0 aromatic heterocycles. The van der Waals surface area contributed by atoms with E-state index in [-0.39, 0.29) is 12.6 Å². The number of carbonyl (C=O) groups is 1. The van der Waals surface area contributed by atoms with Crippen molar-refractivity contribution in [2.75, 3.05) is 6.61 Å². The van der Waals surface area contributed by atoms with Gasteiger partial charge in [-0.25, -0.2) is 4.79 Å². The second-order valence-electron chi connectivity index (χ2n) is 6.65. The lowest BCUT2D eigenvalue weighted by Gasteiger charge is -2.30. The van der Waals surface area contributed by atoms with Crippen molar-refractivity contribution in [3.05, 3.63) is 0 Å². The molecule has 0 aromatic rings. The number of aliphatic hydroxyl groups is 1. The number of carbonyl (C=O) groups excluding carboxylic acids is 1. The lowest BCUT2D eigenvalue weighted by Crippen LogP contribution is -2.56. The van der Waals surface area contributed by atoms with Crippen molar-refractivity contribution in [3.63, 3.8) is 0 Å². The van der Waals surface area contributed by atoms with Gasteiger partial charge in [-0.15, -0.1) is 0 Å². The van der Waals surface area contributed by atoms with Gasteiger partial charge in [-0.1, -0.05) is 0 Å². The fourth-order valence-electron chi connectivity index (χ4n) is 2.97. The van der Waals surface area contributed by atoms with Crippen LogP contribution in [0.25, 0.3) is 0 Å². The molecule has 0 saturated heterocycles. The van der Waals surface area contributed by atoms with Gasteiger partial charge < -0.3 is 15.7 Å². The molecule has 102 valence electrons.